The van der Waals surface area contributed by atoms with Gasteiger partial charge in [-0.05, 0) is 35.9 Å². The number of rotatable bonds is 6. The molecule has 3 aromatic rings. The number of aromatic amines is 1. The van der Waals surface area contributed by atoms with Gasteiger partial charge in [-0.15, -0.1) is 0 Å². The van der Waals surface area contributed by atoms with Gasteiger partial charge >= 0.3 is 0 Å². The van der Waals surface area contributed by atoms with E-state index in [9.17, 15) is 9.90 Å². The zero-order valence-corrected chi connectivity index (χ0v) is 14.1. The summed E-state index contributed by atoms with van der Waals surface area (Å²) in [7, 11) is 3.16. The van der Waals surface area contributed by atoms with Gasteiger partial charge in [0.05, 0.1) is 25.8 Å². The minimum Gasteiger partial charge on any atom is -0.497 e. The first-order valence-electron chi connectivity index (χ1n) is 7.88. The maximum atomic E-state index is 11.6. The normalized spacial score (nSPS) is 12.0. The Morgan fingerprint density at radius 3 is 2.48 bits per heavy atom. The van der Waals surface area contributed by atoms with E-state index in [2.05, 4.69) is 10.3 Å². The number of benzene rings is 2. The first-order chi connectivity index (χ1) is 12.1. The summed E-state index contributed by atoms with van der Waals surface area (Å²) in [6.45, 7) is 0.326. The Morgan fingerprint density at radius 1 is 1.04 bits per heavy atom. The lowest BCUT2D eigenvalue weighted by Gasteiger charge is -2.16. The molecule has 25 heavy (non-hydrogen) atoms. The van der Waals surface area contributed by atoms with E-state index in [0.717, 1.165) is 22.4 Å². The Kier molecular flexibility index (Phi) is 4.90. The molecule has 0 saturated carbocycles. The number of H-pyrrole nitrogens is 1. The Morgan fingerprint density at radius 2 is 1.80 bits per heavy atom. The third-order valence-corrected chi connectivity index (χ3v) is 4.06. The van der Waals surface area contributed by atoms with Crippen molar-refractivity contribution in [1.29, 1.82) is 0 Å². The minimum atomic E-state index is -0.675. The van der Waals surface area contributed by atoms with Gasteiger partial charge in [0.2, 0.25) is 5.56 Å². The van der Waals surface area contributed by atoms with Crippen LogP contribution in [-0.4, -0.2) is 30.9 Å². The van der Waals surface area contributed by atoms with E-state index in [1.807, 2.05) is 30.3 Å². The molecule has 0 aliphatic carbocycles. The Balaban J connectivity index is 1.82. The smallest absolute Gasteiger partial charge is 0.248 e. The van der Waals surface area contributed by atoms with Crippen molar-refractivity contribution in [1.82, 2.24) is 4.98 Å². The number of pyridine rings is 1. The molecule has 0 bridgehead atoms. The SMILES string of the molecule is COc1ccc(C(O)CNc2ccc(OC)c3[nH]c(=O)ccc23)cc1. The molecule has 1 atom stereocenters. The number of fused-ring (bicyclic) bond motifs is 1. The lowest BCUT2D eigenvalue weighted by Crippen LogP contribution is -2.13. The van der Waals surface area contributed by atoms with Crippen LogP contribution in [0.4, 0.5) is 5.69 Å². The molecule has 6 heteroatoms. The van der Waals surface area contributed by atoms with Crippen molar-refractivity contribution in [2.24, 2.45) is 0 Å². The van der Waals surface area contributed by atoms with E-state index in [-0.39, 0.29) is 5.56 Å². The molecule has 0 radical (unpaired) electrons. The molecule has 3 N–H and O–H groups in total. The number of anilines is 1. The van der Waals surface area contributed by atoms with E-state index in [1.165, 1.54) is 6.07 Å². The van der Waals surface area contributed by atoms with E-state index in [1.54, 1.807) is 26.4 Å². The molecule has 0 aliphatic heterocycles. The van der Waals surface area contributed by atoms with Crippen molar-refractivity contribution < 1.29 is 14.6 Å². The highest BCUT2D eigenvalue weighted by molar-refractivity contribution is 5.95. The molecule has 1 aromatic heterocycles. The Bertz CT molecular complexity index is 919. The van der Waals surface area contributed by atoms with Crippen LogP contribution in [0.5, 0.6) is 11.5 Å². The Hall–Kier alpha value is -2.99. The van der Waals surface area contributed by atoms with Gasteiger partial charge < -0.3 is 24.9 Å². The number of hydrogen-bond donors (Lipinski definition) is 3. The van der Waals surface area contributed by atoms with Crippen molar-refractivity contribution in [3.63, 3.8) is 0 Å². The number of hydrogen-bond acceptors (Lipinski definition) is 5. The first kappa shape index (κ1) is 16.9. The van der Waals surface area contributed by atoms with Crippen molar-refractivity contribution in [2.75, 3.05) is 26.1 Å². The average Bonchev–Trinajstić information content (AvgIpc) is 2.65. The number of nitrogens with one attached hydrogen (secondary N) is 2. The predicted octanol–water partition coefficient (Wildman–Crippen LogP) is 2.69. The summed E-state index contributed by atoms with van der Waals surface area (Å²) in [6, 6.07) is 14.1. The fourth-order valence-electron chi connectivity index (χ4n) is 2.70. The lowest BCUT2D eigenvalue weighted by atomic mass is 10.1. The largest absolute Gasteiger partial charge is 0.497 e. The molecule has 1 unspecified atom stereocenters. The minimum absolute atomic E-state index is 0.193. The molecule has 2 aromatic carbocycles. The van der Waals surface area contributed by atoms with Crippen molar-refractivity contribution >= 4 is 16.6 Å². The summed E-state index contributed by atoms with van der Waals surface area (Å²) in [4.78, 5) is 14.4. The average molecular weight is 340 g/mol. The molecule has 0 aliphatic rings. The topological polar surface area (TPSA) is 83.6 Å². The number of aliphatic hydroxyl groups is 1. The van der Waals surface area contributed by atoms with E-state index in [0.29, 0.717) is 17.8 Å². The molecule has 0 saturated heterocycles. The molecule has 0 fully saturated rings. The van der Waals surface area contributed by atoms with Gasteiger partial charge in [-0.1, -0.05) is 12.1 Å². The fraction of sp³-hybridized carbons (Fsp3) is 0.211. The van der Waals surface area contributed by atoms with E-state index in [4.69, 9.17) is 9.47 Å². The molecule has 0 spiro atoms. The molecule has 130 valence electrons. The van der Waals surface area contributed by atoms with Crippen LogP contribution < -0.4 is 20.3 Å². The zero-order chi connectivity index (χ0) is 17.8. The van der Waals surface area contributed by atoms with Gasteiger partial charge in [0.25, 0.3) is 0 Å². The monoisotopic (exact) mass is 340 g/mol. The maximum absolute atomic E-state index is 11.6. The van der Waals surface area contributed by atoms with Crippen LogP contribution in [0, 0.1) is 0 Å². The second-order valence-corrected chi connectivity index (χ2v) is 5.60. The van der Waals surface area contributed by atoms with Crippen LogP contribution in [0.2, 0.25) is 0 Å². The second-order valence-electron chi connectivity index (χ2n) is 5.60. The lowest BCUT2D eigenvalue weighted by molar-refractivity contribution is 0.191. The van der Waals surface area contributed by atoms with E-state index >= 15 is 0 Å². The molecular formula is C19H20N2O4. The predicted molar refractivity (Wildman–Crippen MR) is 97.6 cm³/mol. The molecule has 6 nitrogen and oxygen atoms in total. The number of ether oxygens (including phenoxy) is 2. The summed E-state index contributed by atoms with van der Waals surface area (Å²) >= 11 is 0. The van der Waals surface area contributed by atoms with Gasteiger partial charge in [-0.2, -0.15) is 0 Å². The molecule has 3 rings (SSSR count). The van der Waals surface area contributed by atoms with Crippen LogP contribution in [-0.2, 0) is 0 Å². The highest BCUT2D eigenvalue weighted by Crippen LogP contribution is 2.29. The first-order valence-corrected chi connectivity index (χ1v) is 7.88. The van der Waals surface area contributed by atoms with Crippen LogP contribution in [0.25, 0.3) is 10.9 Å². The third-order valence-electron chi connectivity index (χ3n) is 4.06. The summed E-state index contributed by atoms with van der Waals surface area (Å²) in [5.74, 6) is 1.34. The molecule has 1 heterocycles. The van der Waals surface area contributed by atoms with Crippen molar-refractivity contribution in [3.05, 3.63) is 64.4 Å². The number of aliphatic hydroxyl groups excluding tert-OH is 1. The maximum Gasteiger partial charge on any atom is 0.248 e. The number of aromatic nitrogens is 1. The van der Waals surface area contributed by atoms with Crippen molar-refractivity contribution in [2.45, 2.75) is 6.10 Å². The zero-order valence-electron chi connectivity index (χ0n) is 14.1. The highest BCUT2D eigenvalue weighted by Gasteiger charge is 2.11. The molecular weight excluding hydrogens is 320 g/mol. The summed E-state index contributed by atoms with van der Waals surface area (Å²) < 4.78 is 10.4. The second kappa shape index (κ2) is 7.27. The van der Waals surface area contributed by atoms with Gasteiger partial charge in [-0.25, -0.2) is 0 Å². The highest BCUT2D eigenvalue weighted by atomic mass is 16.5. The van der Waals surface area contributed by atoms with Crippen LogP contribution >= 0.6 is 0 Å². The fourth-order valence-corrected chi connectivity index (χ4v) is 2.70. The molecule has 0 amide bonds. The van der Waals surface area contributed by atoms with Crippen molar-refractivity contribution in [3.8, 4) is 11.5 Å². The van der Waals surface area contributed by atoms with Gasteiger partial charge in [0.15, 0.2) is 0 Å². The summed E-state index contributed by atoms with van der Waals surface area (Å²) in [5, 5.41) is 14.4. The third kappa shape index (κ3) is 3.59. The van der Waals surface area contributed by atoms with Crippen LogP contribution in [0.1, 0.15) is 11.7 Å². The van der Waals surface area contributed by atoms with Gasteiger partial charge in [-0.3, -0.25) is 4.79 Å². The van der Waals surface area contributed by atoms with Crippen LogP contribution in [0.15, 0.2) is 53.3 Å². The quantitative estimate of drug-likeness (QED) is 0.642. The van der Waals surface area contributed by atoms with Gasteiger partial charge in [0, 0.05) is 23.7 Å². The number of methoxy groups -OCH3 is 2. The standard InChI is InChI=1S/C19H20N2O4/c1-24-13-5-3-12(4-6-13)16(22)11-20-15-8-9-17(25-2)19-14(15)7-10-18(23)21-19/h3-10,16,20,22H,11H2,1-2H3,(H,21,23). The van der Waals surface area contributed by atoms with Crippen LogP contribution in [0.3, 0.4) is 0 Å². The summed E-state index contributed by atoms with van der Waals surface area (Å²) in [5.41, 5.74) is 2.03. The summed E-state index contributed by atoms with van der Waals surface area (Å²) in [6.07, 6.45) is -0.675. The van der Waals surface area contributed by atoms with E-state index < -0.39 is 6.10 Å². The Labute approximate surface area is 145 Å². The van der Waals surface area contributed by atoms with Gasteiger partial charge in [0.1, 0.15) is 11.5 Å².